The van der Waals surface area contributed by atoms with E-state index in [1.165, 1.54) is 15.5 Å². The number of hydrogen-bond acceptors (Lipinski definition) is 5. The summed E-state index contributed by atoms with van der Waals surface area (Å²) in [7, 11) is 0. The summed E-state index contributed by atoms with van der Waals surface area (Å²) in [6.07, 6.45) is 0. The van der Waals surface area contributed by atoms with Crippen LogP contribution in [0.4, 0.5) is 0 Å². The number of para-hydroxylation sites is 2. The van der Waals surface area contributed by atoms with Gasteiger partial charge in [0.1, 0.15) is 0 Å². The zero-order chi connectivity index (χ0) is 37.8. The molecule has 6 heteroatoms. The van der Waals surface area contributed by atoms with Crippen molar-refractivity contribution in [3.05, 3.63) is 158 Å². The fourth-order valence-electron chi connectivity index (χ4n) is 7.25. The van der Waals surface area contributed by atoms with Crippen molar-refractivity contribution >= 4 is 84.8 Å². The molecule has 7 aromatic carbocycles. The molecule has 0 bridgehead atoms. The molecule has 0 amide bonds. The van der Waals surface area contributed by atoms with E-state index in [0.717, 1.165) is 63.5 Å². The summed E-state index contributed by atoms with van der Waals surface area (Å²) in [6.45, 7) is 0. The van der Waals surface area contributed by atoms with Gasteiger partial charge in [-0.25, -0.2) is 15.0 Å². The van der Waals surface area contributed by atoms with Gasteiger partial charge in [-0.05, 0) is 60.7 Å². The summed E-state index contributed by atoms with van der Waals surface area (Å²) >= 11 is 3.45. The highest BCUT2D eigenvalue weighted by atomic mass is 32.1. The minimum absolute atomic E-state index is 0.0150. The van der Waals surface area contributed by atoms with Crippen molar-refractivity contribution in [1.82, 2.24) is 19.5 Å². The second-order valence-electron chi connectivity index (χ2n) is 12.5. The van der Waals surface area contributed by atoms with Gasteiger partial charge >= 0.3 is 0 Å². The normalized spacial score (nSPS) is 13.3. The van der Waals surface area contributed by atoms with E-state index >= 15 is 0 Å². The maximum Gasteiger partial charge on any atom is 0.164 e. The van der Waals surface area contributed by atoms with Crippen LogP contribution in [0.5, 0.6) is 0 Å². The average Bonchev–Trinajstić information content (AvgIpc) is 3.91. The number of aromatic nitrogens is 4. The highest BCUT2D eigenvalue weighted by molar-refractivity contribution is 7.26. The van der Waals surface area contributed by atoms with Gasteiger partial charge in [-0.15, -0.1) is 22.7 Å². The zero-order valence-electron chi connectivity index (χ0n) is 31.7. The first-order valence-electron chi connectivity index (χ1n) is 19.0. The van der Waals surface area contributed by atoms with Gasteiger partial charge in [-0.2, -0.15) is 0 Å². The van der Waals surface area contributed by atoms with E-state index in [0.29, 0.717) is 11.6 Å². The van der Waals surface area contributed by atoms with Crippen LogP contribution in [0.3, 0.4) is 0 Å². The third-order valence-electron chi connectivity index (χ3n) is 9.55. The number of hydrogen-bond donors (Lipinski definition) is 0. The van der Waals surface area contributed by atoms with Gasteiger partial charge in [0, 0.05) is 63.1 Å². The molecule has 4 heterocycles. The quantitative estimate of drug-likeness (QED) is 0.184. The second-order valence-corrected chi connectivity index (χ2v) is 14.6. The molecule has 0 unspecified atom stereocenters. The van der Waals surface area contributed by atoms with Crippen LogP contribution in [0.15, 0.2) is 158 Å². The van der Waals surface area contributed by atoms with E-state index < -0.39 is 18.1 Å². The third-order valence-corrected chi connectivity index (χ3v) is 11.9. The van der Waals surface area contributed by atoms with E-state index in [4.69, 9.17) is 21.8 Å². The second kappa shape index (κ2) is 11.2. The molecule has 4 nitrogen and oxygen atoms in total. The molecular weight excluding hydrogens is 661 g/mol. The first-order valence-corrected chi connectivity index (χ1v) is 18.2. The van der Waals surface area contributed by atoms with Crippen LogP contribution in [0.25, 0.3) is 102 Å². The van der Waals surface area contributed by atoms with E-state index in [1.54, 1.807) is 22.7 Å². The van der Waals surface area contributed by atoms with E-state index in [9.17, 15) is 0 Å². The molecule has 11 rings (SSSR count). The topological polar surface area (TPSA) is 43.6 Å². The van der Waals surface area contributed by atoms with Gasteiger partial charge < -0.3 is 4.57 Å². The molecule has 0 saturated carbocycles. The molecule has 0 aliphatic carbocycles. The van der Waals surface area contributed by atoms with Crippen LogP contribution >= 0.6 is 22.7 Å². The van der Waals surface area contributed by atoms with Crippen LogP contribution < -0.4 is 0 Å². The standard InChI is InChI=1S/C45H26N4S2/c1-2-11-27(12-3-1)43-46-44(28-21-23-40-34(25-28)32-15-6-9-20-39(32)50-40)48-45(47-43)29-22-24-41-35(26-29)33-16-10-19-38(42(33)51-41)49-36-17-7-4-13-30(36)31-14-5-8-18-37(31)49/h1-26H/i1D,2D,3D,11D,12D. The lowest BCUT2D eigenvalue weighted by molar-refractivity contribution is 1.08. The summed E-state index contributed by atoms with van der Waals surface area (Å²) in [5, 5.41) is 6.75. The van der Waals surface area contributed by atoms with Crippen LogP contribution in [0, 0.1) is 0 Å². The monoisotopic (exact) mass is 691 g/mol. The number of fused-ring (bicyclic) bond motifs is 9. The lowest BCUT2D eigenvalue weighted by Crippen LogP contribution is -2.00. The Morgan fingerprint density at radius 1 is 0.431 bits per heavy atom. The molecule has 0 saturated heterocycles. The Kier molecular flexibility index (Phi) is 5.25. The lowest BCUT2D eigenvalue weighted by atomic mass is 10.1. The largest absolute Gasteiger partial charge is 0.308 e. The van der Waals surface area contributed by atoms with Crippen LogP contribution in [0.2, 0.25) is 0 Å². The third kappa shape index (κ3) is 4.47. The summed E-state index contributed by atoms with van der Waals surface area (Å²) in [5.74, 6) is 0.700. The Labute approximate surface area is 307 Å². The maximum atomic E-state index is 8.79. The highest BCUT2D eigenvalue weighted by Gasteiger charge is 2.18. The van der Waals surface area contributed by atoms with Gasteiger partial charge in [0.25, 0.3) is 0 Å². The Morgan fingerprint density at radius 3 is 1.65 bits per heavy atom. The smallest absolute Gasteiger partial charge is 0.164 e. The molecule has 11 aromatic rings. The molecule has 0 N–H and O–H groups in total. The molecule has 51 heavy (non-hydrogen) atoms. The maximum absolute atomic E-state index is 8.79. The highest BCUT2D eigenvalue weighted by Crippen LogP contribution is 2.42. The van der Waals surface area contributed by atoms with Gasteiger partial charge in [0.2, 0.25) is 0 Å². The Morgan fingerprint density at radius 2 is 0.961 bits per heavy atom. The molecule has 0 aliphatic heterocycles. The molecule has 0 atom stereocenters. The summed E-state index contributed by atoms with van der Waals surface area (Å²) in [6, 6.07) is 41.8. The molecule has 0 aliphatic rings. The Hall–Kier alpha value is -6.21. The van der Waals surface area contributed by atoms with Crippen molar-refractivity contribution < 1.29 is 6.85 Å². The fourth-order valence-corrected chi connectivity index (χ4v) is 9.53. The number of rotatable bonds is 4. The van der Waals surface area contributed by atoms with Crippen LogP contribution in [-0.4, -0.2) is 19.5 Å². The predicted octanol–water partition coefficient (Wildman–Crippen LogP) is 12.7. The van der Waals surface area contributed by atoms with Crippen molar-refractivity contribution in [2.45, 2.75) is 0 Å². The van der Waals surface area contributed by atoms with Crippen molar-refractivity contribution in [2.75, 3.05) is 0 Å². The number of benzene rings is 7. The minimum Gasteiger partial charge on any atom is -0.308 e. The van der Waals surface area contributed by atoms with E-state index in [-0.39, 0.29) is 23.5 Å². The van der Waals surface area contributed by atoms with Gasteiger partial charge in [-0.3, -0.25) is 0 Å². The van der Waals surface area contributed by atoms with Crippen molar-refractivity contribution in [3.63, 3.8) is 0 Å². The first kappa shape index (κ1) is 24.0. The molecule has 0 fully saturated rings. The van der Waals surface area contributed by atoms with E-state index in [2.05, 4.69) is 108 Å². The molecular formula is C45H26N4S2. The minimum atomic E-state index is -0.469. The summed E-state index contributed by atoms with van der Waals surface area (Å²) in [5.41, 5.74) is 4.78. The van der Waals surface area contributed by atoms with Gasteiger partial charge in [0.05, 0.1) is 28.3 Å². The zero-order valence-corrected chi connectivity index (χ0v) is 28.4. The SMILES string of the molecule is [2H]c1c([2H])c([2H])c(-c2nc(-c3ccc4sc5ccccc5c4c3)nc(-c3ccc4sc5c(-n6c7ccccc7c7ccccc76)cccc5c4c3)n2)c([2H])c1[2H]. The number of nitrogens with zero attached hydrogens (tertiary/aromatic N) is 4. The van der Waals surface area contributed by atoms with Crippen molar-refractivity contribution in [3.8, 4) is 39.9 Å². The fraction of sp³-hybridized carbons (Fsp3) is 0. The Bertz CT molecular complexity index is 3380. The average molecular weight is 692 g/mol. The first-order chi connectivity index (χ1) is 27.3. The molecule has 238 valence electrons. The van der Waals surface area contributed by atoms with Crippen molar-refractivity contribution in [1.29, 1.82) is 0 Å². The van der Waals surface area contributed by atoms with Gasteiger partial charge in [-0.1, -0.05) is 96.9 Å². The molecule has 0 radical (unpaired) electrons. The molecule has 4 aromatic heterocycles. The molecule has 0 spiro atoms. The van der Waals surface area contributed by atoms with Crippen molar-refractivity contribution in [2.24, 2.45) is 0 Å². The predicted molar refractivity (Wildman–Crippen MR) is 216 cm³/mol. The van der Waals surface area contributed by atoms with Gasteiger partial charge in [0.15, 0.2) is 17.5 Å². The lowest BCUT2D eigenvalue weighted by Gasteiger charge is -2.09. The number of thiophene rings is 2. The summed E-state index contributed by atoms with van der Waals surface area (Å²) in [4.78, 5) is 14.7. The summed E-state index contributed by atoms with van der Waals surface area (Å²) < 4.78 is 49.5. The van der Waals surface area contributed by atoms with Crippen LogP contribution in [0.1, 0.15) is 6.85 Å². The van der Waals surface area contributed by atoms with E-state index in [1.807, 2.05) is 24.3 Å². The Balaban J connectivity index is 1.13. The van der Waals surface area contributed by atoms with Crippen LogP contribution in [-0.2, 0) is 0 Å².